The van der Waals surface area contributed by atoms with E-state index in [-0.39, 0.29) is 0 Å². The Morgan fingerprint density at radius 2 is 2.14 bits per heavy atom. The Kier molecular flexibility index (Phi) is 4.20. The summed E-state index contributed by atoms with van der Waals surface area (Å²) in [5.74, 6) is 7.52. The van der Waals surface area contributed by atoms with Crippen LogP contribution in [0.15, 0.2) is 4.99 Å². The van der Waals surface area contributed by atoms with Gasteiger partial charge in [0.1, 0.15) is 0 Å². The number of nitrogens with one attached hydrogen (secondary N) is 2. The van der Waals surface area contributed by atoms with Crippen LogP contribution in [0.5, 0.6) is 0 Å². The monoisotopic (exact) mass is 198 g/mol. The van der Waals surface area contributed by atoms with Gasteiger partial charge in [0.25, 0.3) is 0 Å². The Balaban J connectivity index is 2.27. The van der Waals surface area contributed by atoms with Crippen LogP contribution in [0, 0.1) is 11.8 Å². The molecule has 4 nitrogen and oxygen atoms in total. The van der Waals surface area contributed by atoms with E-state index < -0.39 is 0 Å². The summed E-state index contributed by atoms with van der Waals surface area (Å²) in [5.41, 5.74) is 2.61. The minimum absolute atomic E-state index is 0.562. The van der Waals surface area contributed by atoms with Crippen molar-refractivity contribution in [3.05, 3.63) is 0 Å². The van der Waals surface area contributed by atoms with Crippen molar-refractivity contribution in [3.63, 3.8) is 0 Å². The lowest BCUT2D eigenvalue weighted by atomic mass is 9.82. The molecule has 0 aromatic heterocycles. The largest absolute Gasteiger partial charge is 0.353 e. The summed E-state index contributed by atoms with van der Waals surface area (Å²) in [4.78, 5) is 4.36. The molecule has 0 amide bonds. The van der Waals surface area contributed by atoms with E-state index in [1.165, 1.54) is 12.8 Å². The van der Waals surface area contributed by atoms with Crippen molar-refractivity contribution in [2.24, 2.45) is 22.7 Å². The number of rotatable bonds is 3. The Bertz CT molecular complexity index is 194. The average Bonchev–Trinajstić information content (AvgIpc) is 2.08. The molecule has 1 rings (SSSR count). The smallest absolute Gasteiger partial charge is 0.205 e. The summed E-state index contributed by atoms with van der Waals surface area (Å²) < 4.78 is 0. The Morgan fingerprint density at radius 1 is 1.50 bits per heavy atom. The van der Waals surface area contributed by atoms with Crippen molar-refractivity contribution >= 4 is 5.96 Å². The number of nitrogens with zero attached hydrogens (tertiary/aromatic N) is 1. The number of nitrogens with two attached hydrogens (primary N) is 1. The van der Waals surface area contributed by atoms with Gasteiger partial charge in [0.2, 0.25) is 5.96 Å². The third-order valence-corrected chi connectivity index (χ3v) is 2.47. The first-order chi connectivity index (χ1) is 6.61. The van der Waals surface area contributed by atoms with Crippen LogP contribution in [0.4, 0.5) is 0 Å². The third-order valence-electron chi connectivity index (χ3n) is 2.47. The average molecular weight is 198 g/mol. The van der Waals surface area contributed by atoms with Gasteiger partial charge in [0, 0.05) is 12.6 Å². The standard InChI is InChI=1S/C10H22N4/c1-7(2)6-12-10(14-11)13-9-4-8(3)5-9/h7-9H,4-6,11H2,1-3H3,(H2,12,13,14). The molecular weight excluding hydrogens is 176 g/mol. The molecule has 0 heterocycles. The fourth-order valence-corrected chi connectivity index (χ4v) is 1.62. The van der Waals surface area contributed by atoms with Crippen LogP contribution in [0.1, 0.15) is 33.6 Å². The molecule has 0 spiro atoms. The minimum atomic E-state index is 0.562. The summed E-state index contributed by atoms with van der Waals surface area (Å²) in [7, 11) is 0. The first kappa shape index (κ1) is 11.3. The molecular formula is C10H22N4. The molecule has 0 aliphatic heterocycles. The van der Waals surface area contributed by atoms with Gasteiger partial charge in [-0.05, 0) is 24.7 Å². The molecule has 0 aromatic carbocycles. The molecule has 82 valence electrons. The van der Waals surface area contributed by atoms with E-state index in [1.54, 1.807) is 0 Å². The Hall–Kier alpha value is -0.770. The molecule has 4 N–H and O–H groups in total. The molecule has 14 heavy (non-hydrogen) atoms. The second-order valence-corrected chi connectivity index (χ2v) is 4.65. The van der Waals surface area contributed by atoms with Gasteiger partial charge in [-0.2, -0.15) is 0 Å². The van der Waals surface area contributed by atoms with Crippen molar-refractivity contribution in [1.82, 2.24) is 10.7 Å². The molecule has 1 aliphatic carbocycles. The maximum atomic E-state index is 5.38. The van der Waals surface area contributed by atoms with E-state index in [2.05, 4.69) is 36.5 Å². The second-order valence-electron chi connectivity index (χ2n) is 4.65. The molecule has 1 saturated carbocycles. The summed E-state index contributed by atoms with van der Waals surface area (Å²) >= 11 is 0. The molecule has 4 heteroatoms. The highest BCUT2D eigenvalue weighted by molar-refractivity contribution is 5.79. The molecule has 0 bridgehead atoms. The van der Waals surface area contributed by atoms with Crippen LogP contribution in [0.25, 0.3) is 0 Å². The number of hydrogen-bond donors (Lipinski definition) is 3. The maximum Gasteiger partial charge on any atom is 0.205 e. The van der Waals surface area contributed by atoms with Gasteiger partial charge in [-0.1, -0.05) is 20.8 Å². The lowest BCUT2D eigenvalue weighted by Crippen LogP contribution is -2.50. The van der Waals surface area contributed by atoms with Gasteiger partial charge in [0.15, 0.2) is 0 Å². The van der Waals surface area contributed by atoms with E-state index in [1.807, 2.05) is 0 Å². The fourth-order valence-electron chi connectivity index (χ4n) is 1.62. The van der Waals surface area contributed by atoms with E-state index in [0.29, 0.717) is 12.0 Å². The molecule has 0 atom stereocenters. The van der Waals surface area contributed by atoms with E-state index in [4.69, 9.17) is 5.84 Å². The first-order valence-electron chi connectivity index (χ1n) is 5.39. The molecule has 0 aromatic rings. The van der Waals surface area contributed by atoms with Crippen LogP contribution in [0.2, 0.25) is 0 Å². The predicted molar refractivity (Wildman–Crippen MR) is 59.8 cm³/mol. The summed E-state index contributed by atoms with van der Waals surface area (Å²) in [5, 5.41) is 3.30. The van der Waals surface area contributed by atoms with Crippen molar-refractivity contribution in [1.29, 1.82) is 0 Å². The van der Waals surface area contributed by atoms with Crippen LogP contribution >= 0.6 is 0 Å². The summed E-state index contributed by atoms with van der Waals surface area (Å²) in [6, 6.07) is 0.562. The SMILES string of the molecule is CC(C)CN=C(NN)NC1CC(C)C1. The number of hydrogen-bond acceptors (Lipinski definition) is 2. The highest BCUT2D eigenvalue weighted by Crippen LogP contribution is 2.25. The van der Waals surface area contributed by atoms with Gasteiger partial charge in [-0.15, -0.1) is 0 Å². The van der Waals surface area contributed by atoms with Crippen LogP contribution in [-0.2, 0) is 0 Å². The fraction of sp³-hybridized carbons (Fsp3) is 0.900. The highest BCUT2D eigenvalue weighted by Gasteiger charge is 2.25. The Labute approximate surface area is 86.3 Å². The summed E-state index contributed by atoms with van der Waals surface area (Å²) in [6.07, 6.45) is 2.45. The summed E-state index contributed by atoms with van der Waals surface area (Å²) in [6.45, 7) is 7.36. The van der Waals surface area contributed by atoms with Crippen molar-refractivity contribution in [2.45, 2.75) is 39.7 Å². The zero-order valence-corrected chi connectivity index (χ0v) is 9.38. The topological polar surface area (TPSA) is 62.4 Å². The van der Waals surface area contributed by atoms with Gasteiger partial charge >= 0.3 is 0 Å². The molecule has 0 saturated heterocycles. The molecule has 1 fully saturated rings. The number of guanidine groups is 1. The molecule has 1 aliphatic rings. The van der Waals surface area contributed by atoms with Crippen molar-refractivity contribution in [2.75, 3.05) is 6.54 Å². The van der Waals surface area contributed by atoms with Gasteiger partial charge < -0.3 is 5.32 Å². The molecule has 0 unspecified atom stereocenters. The van der Waals surface area contributed by atoms with Crippen molar-refractivity contribution < 1.29 is 0 Å². The van der Waals surface area contributed by atoms with Gasteiger partial charge in [-0.3, -0.25) is 10.4 Å². The van der Waals surface area contributed by atoms with Crippen molar-refractivity contribution in [3.8, 4) is 0 Å². The zero-order valence-electron chi connectivity index (χ0n) is 9.38. The number of hydrazine groups is 1. The lowest BCUT2D eigenvalue weighted by Gasteiger charge is -2.34. The lowest BCUT2D eigenvalue weighted by molar-refractivity contribution is 0.266. The molecule has 0 radical (unpaired) electrons. The van der Waals surface area contributed by atoms with E-state index >= 15 is 0 Å². The first-order valence-corrected chi connectivity index (χ1v) is 5.39. The van der Waals surface area contributed by atoms with E-state index in [9.17, 15) is 0 Å². The van der Waals surface area contributed by atoms with Crippen LogP contribution in [-0.4, -0.2) is 18.5 Å². The second kappa shape index (κ2) is 5.20. The van der Waals surface area contributed by atoms with Gasteiger partial charge in [-0.25, -0.2) is 5.84 Å². The zero-order chi connectivity index (χ0) is 10.6. The van der Waals surface area contributed by atoms with Crippen LogP contribution in [0.3, 0.4) is 0 Å². The third kappa shape index (κ3) is 3.54. The maximum absolute atomic E-state index is 5.38. The van der Waals surface area contributed by atoms with Crippen LogP contribution < -0.4 is 16.6 Å². The normalized spacial score (nSPS) is 27.4. The number of aliphatic imine (C=N–C) groups is 1. The minimum Gasteiger partial charge on any atom is -0.353 e. The Morgan fingerprint density at radius 3 is 2.57 bits per heavy atom. The van der Waals surface area contributed by atoms with E-state index in [0.717, 1.165) is 18.4 Å². The predicted octanol–water partition coefficient (Wildman–Crippen LogP) is 0.850. The van der Waals surface area contributed by atoms with Gasteiger partial charge in [0.05, 0.1) is 0 Å². The quantitative estimate of drug-likeness (QED) is 0.273. The highest BCUT2D eigenvalue weighted by atomic mass is 15.3.